The molecule has 0 spiro atoms. The van der Waals surface area contributed by atoms with Crippen LogP contribution in [-0.4, -0.2) is 37.4 Å². The van der Waals surface area contributed by atoms with Crippen molar-refractivity contribution in [2.75, 3.05) is 26.3 Å². The van der Waals surface area contributed by atoms with Crippen LogP contribution in [-0.2, 0) is 6.54 Å². The van der Waals surface area contributed by atoms with Crippen molar-refractivity contribution >= 4 is 29.9 Å². The zero-order chi connectivity index (χ0) is 19.3. The normalized spacial score (nSPS) is 11.7. The van der Waals surface area contributed by atoms with Crippen LogP contribution in [0.5, 0.6) is 5.75 Å². The second kappa shape index (κ2) is 15.0. The third kappa shape index (κ3) is 9.65. The molecule has 0 aliphatic heterocycles. The first-order chi connectivity index (χ1) is 12.6. The average Bonchev–Trinajstić information content (AvgIpc) is 2.68. The van der Waals surface area contributed by atoms with Crippen LogP contribution < -0.4 is 15.4 Å². The van der Waals surface area contributed by atoms with E-state index in [0.29, 0.717) is 6.54 Å². The zero-order valence-electron chi connectivity index (χ0n) is 17.4. The van der Waals surface area contributed by atoms with E-state index in [4.69, 9.17) is 9.73 Å². The van der Waals surface area contributed by atoms with Gasteiger partial charge in [-0.05, 0) is 55.7 Å². The molecule has 0 bridgehead atoms. The second-order valence-electron chi connectivity index (χ2n) is 6.73. The van der Waals surface area contributed by atoms with Gasteiger partial charge in [0.05, 0.1) is 13.2 Å². The summed E-state index contributed by atoms with van der Waals surface area (Å²) in [4.78, 5) is 4.71. The molecule has 0 atom stereocenters. The van der Waals surface area contributed by atoms with Gasteiger partial charge in [0.15, 0.2) is 5.96 Å². The highest BCUT2D eigenvalue weighted by Crippen LogP contribution is 2.29. The number of nitrogens with zero attached hydrogens (tertiary/aromatic N) is 1. The fourth-order valence-electron chi connectivity index (χ4n) is 2.92. The summed E-state index contributed by atoms with van der Waals surface area (Å²) in [5, 5.41) is 16.2. The fraction of sp³-hybridized carbons (Fsp3) is 0.667. The van der Waals surface area contributed by atoms with Crippen molar-refractivity contribution in [3.05, 3.63) is 29.8 Å². The highest BCUT2D eigenvalue weighted by atomic mass is 127. The van der Waals surface area contributed by atoms with Gasteiger partial charge in [-0.15, -0.1) is 24.0 Å². The van der Waals surface area contributed by atoms with Gasteiger partial charge in [-0.25, -0.2) is 4.99 Å². The molecule has 0 amide bonds. The largest absolute Gasteiger partial charge is 0.494 e. The lowest BCUT2D eigenvalue weighted by Gasteiger charge is -2.32. The summed E-state index contributed by atoms with van der Waals surface area (Å²) in [6.07, 6.45) is 3.88. The summed E-state index contributed by atoms with van der Waals surface area (Å²) in [6.45, 7) is 11.7. The maximum Gasteiger partial charge on any atom is 0.191 e. The van der Waals surface area contributed by atoms with E-state index >= 15 is 0 Å². The predicted octanol–water partition coefficient (Wildman–Crippen LogP) is 4.34. The van der Waals surface area contributed by atoms with Crippen molar-refractivity contribution in [1.82, 2.24) is 10.6 Å². The van der Waals surface area contributed by atoms with Gasteiger partial charge in [-0.3, -0.25) is 0 Å². The summed E-state index contributed by atoms with van der Waals surface area (Å²) in [6, 6.07) is 8.12. The molecule has 0 aliphatic rings. The SMILES string of the molecule is CCCOc1cccc(CN=C(NCC)NCC(CC)(CC)CCO)c1.I. The maximum atomic E-state index is 9.39. The number of aliphatic imine (C=N–C) groups is 1. The zero-order valence-corrected chi connectivity index (χ0v) is 19.7. The van der Waals surface area contributed by atoms with Crippen LogP contribution in [0.25, 0.3) is 0 Å². The molecule has 0 radical (unpaired) electrons. The van der Waals surface area contributed by atoms with Crippen LogP contribution in [0, 0.1) is 5.41 Å². The Balaban J connectivity index is 0.00000676. The Morgan fingerprint density at radius 3 is 2.48 bits per heavy atom. The molecule has 0 heterocycles. The van der Waals surface area contributed by atoms with Gasteiger partial charge in [0.2, 0.25) is 0 Å². The molecule has 156 valence electrons. The highest BCUT2D eigenvalue weighted by molar-refractivity contribution is 14.0. The number of aliphatic hydroxyl groups is 1. The molecule has 0 aromatic heterocycles. The third-order valence-corrected chi connectivity index (χ3v) is 4.91. The minimum absolute atomic E-state index is 0. The molecule has 5 nitrogen and oxygen atoms in total. The number of ether oxygens (including phenoxy) is 1. The Bertz CT molecular complexity index is 534. The van der Waals surface area contributed by atoms with Crippen LogP contribution in [0.15, 0.2) is 29.3 Å². The Morgan fingerprint density at radius 2 is 1.89 bits per heavy atom. The lowest BCUT2D eigenvalue weighted by atomic mass is 9.79. The minimum atomic E-state index is 0. The predicted molar refractivity (Wildman–Crippen MR) is 125 cm³/mol. The van der Waals surface area contributed by atoms with E-state index < -0.39 is 0 Å². The quantitative estimate of drug-likeness (QED) is 0.231. The van der Waals surface area contributed by atoms with Crippen molar-refractivity contribution < 1.29 is 9.84 Å². The van der Waals surface area contributed by atoms with Gasteiger partial charge in [0.25, 0.3) is 0 Å². The average molecular weight is 491 g/mol. The summed E-state index contributed by atoms with van der Waals surface area (Å²) < 4.78 is 5.69. The molecule has 0 aliphatic carbocycles. The Kier molecular flexibility index (Phi) is 14.4. The molecule has 3 N–H and O–H groups in total. The number of nitrogens with one attached hydrogen (secondary N) is 2. The first-order valence-corrected chi connectivity index (χ1v) is 9.97. The van der Waals surface area contributed by atoms with Crippen molar-refractivity contribution in [1.29, 1.82) is 0 Å². The van der Waals surface area contributed by atoms with Crippen LogP contribution in [0.1, 0.15) is 58.9 Å². The molecule has 1 aromatic carbocycles. The molecule has 0 fully saturated rings. The fourth-order valence-corrected chi connectivity index (χ4v) is 2.92. The third-order valence-electron chi connectivity index (χ3n) is 4.91. The number of rotatable bonds is 12. The number of aliphatic hydroxyl groups excluding tert-OH is 1. The van der Waals surface area contributed by atoms with Gasteiger partial charge in [0.1, 0.15) is 5.75 Å². The highest BCUT2D eigenvalue weighted by Gasteiger charge is 2.25. The summed E-state index contributed by atoms with van der Waals surface area (Å²) >= 11 is 0. The lowest BCUT2D eigenvalue weighted by Crippen LogP contribution is -2.43. The first-order valence-electron chi connectivity index (χ1n) is 9.97. The van der Waals surface area contributed by atoms with Gasteiger partial charge in [-0.2, -0.15) is 0 Å². The van der Waals surface area contributed by atoms with Gasteiger partial charge in [-0.1, -0.05) is 32.9 Å². The molecule has 1 rings (SSSR count). The molecular formula is C21H38IN3O2. The number of benzene rings is 1. The van der Waals surface area contributed by atoms with Crippen molar-refractivity contribution in [3.63, 3.8) is 0 Å². The maximum absolute atomic E-state index is 9.39. The van der Waals surface area contributed by atoms with Crippen LogP contribution in [0.4, 0.5) is 0 Å². The summed E-state index contributed by atoms with van der Waals surface area (Å²) in [5.41, 5.74) is 1.24. The molecule has 0 saturated heterocycles. The Hall–Kier alpha value is -1.02. The van der Waals surface area contributed by atoms with Gasteiger partial charge < -0.3 is 20.5 Å². The van der Waals surface area contributed by atoms with E-state index in [9.17, 15) is 5.11 Å². The molecular weight excluding hydrogens is 453 g/mol. The summed E-state index contributed by atoms with van der Waals surface area (Å²) in [7, 11) is 0. The number of guanidine groups is 1. The number of hydrogen-bond donors (Lipinski definition) is 3. The minimum Gasteiger partial charge on any atom is -0.494 e. The molecule has 1 aromatic rings. The summed E-state index contributed by atoms with van der Waals surface area (Å²) in [5.74, 6) is 1.72. The van der Waals surface area contributed by atoms with E-state index in [1.54, 1.807) is 0 Å². The van der Waals surface area contributed by atoms with Gasteiger partial charge in [0, 0.05) is 19.7 Å². The van der Waals surface area contributed by atoms with Crippen LogP contribution in [0.2, 0.25) is 0 Å². The lowest BCUT2D eigenvalue weighted by molar-refractivity contribution is 0.169. The molecule has 0 saturated carbocycles. The van der Waals surface area contributed by atoms with Crippen LogP contribution in [0.3, 0.4) is 0 Å². The molecule has 6 heteroatoms. The van der Waals surface area contributed by atoms with Crippen molar-refractivity contribution in [2.45, 2.75) is 59.9 Å². The van der Waals surface area contributed by atoms with E-state index in [0.717, 1.165) is 62.7 Å². The second-order valence-corrected chi connectivity index (χ2v) is 6.73. The molecule has 0 unspecified atom stereocenters. The van der Waals surface area contributed by atoms with E-state index in [2.05, 4.69) is 50.5 Å². The number of hydrogen-bond acceptors (Lipinski definition) is 3. The van der Waals surface area contributed by atoms with E-state index in [1.807, 2.05) is 12.1 Å². The van der Waals surface area contributed by atoms with Crippen molar-refractivity contribution in [3.8, 4) is 5.75 Å². The monoisotopic (exact) mass is 491 g/mol. The standard InChI is InChI=1S/C21H37N3O2.HI/c1-5-14-26-19-11-9-10-18(15-19)16-23-20(22-8-4)24-17-21(6-2,7-3)12-13-25;/h9-11,15,25H,5-8,12-14,16-17H2,1-4H3,(H2,22,23,24);1H. The Morgan fingerprint density at radius 1 is 1.15 bits per heavy atom. The van der Waals surface area contributed by atoms with Gasteiger partial charge >= 0.3 is 0 Å². The smallest absolute Gasteiger partial charge is 0.191 e. The Labute approximate surface area is 182 Å². The number of halogens is 1. The first kappa shape index (κ1) is 26.0. The van der Waals surface area contributed by atoms with Crippen LogP contribution >= 0.6 is 24.0 Å². The molecule has 27 heavy (non-hydrogen) atoms. The van der Waals surface area contributed by atoms with E-state index in [1.165, 1.54) is 0 Å². The topological polar surface area (TPSA) is 65.9 Å². The van der Waals surface area contributed by atoms with Crippen molar-refractivity contribution in [2.24, 2.45) is 10.4 Å². The van der Waals surface area contributed by atoms with E-state index in [-0.39, 0.29) is 36.0 Å².